The van der Waals surface area contributed by atoms with Crippen molar-refractivity contribution in [2.24, 2.45) is 10.2 Å². The van der Waals surface area contributed by atoms with E-state index in [1.807, 2.05) is 6.07 Å². The molecule has 0 aliphatic rings. The van der Waals surface area contributed by atoms with Gasteiger partial charge in [0, 0.05) is 0 Å². The maximum absolute atomic E-state index is 11.9. The first-order valence-corrected chi connectivity index (χ1v) is 10.3. The van der Waals surface area contributed by atoms with Crippen LogP contribution in [0.4, 0.5) is 17.1 Å². The van der Waals surface area contributed by atoms with Crippen molar-refractivity contribution >= 4 is 38.6 Å². The van der Waals surface area contributed by atoms with E-state index in [0.717, 1.165) is 0 Å². The minimum atomic E-state index is -5.26. The molecule has 11 nitrogen and oxygen atoms in total. The van der Waals surface area contributed by atoms with Crippen molar-refractivity contribution in [2.75, 3.05) is 11.9 Å². The molecule has 0 aromatic heterocycles. The molecular weight excluding hydrogens is 400 g/mol. The summed E-state index contributed by atoms with van der Waals surface area (Å²) in [5.74, 6) is -0.874. The van der Waals surface area contributed by atoms with Crippen LogP contribution in [0, 0.1) is 0 Å². The molecule has 2 aromatic carbocycles. The second-order valence-corrected chi connectivity index (χ2v) is 7.74. The molecule has 2 aromatic rings. The first-order chi connectivity index (χ1) is 12.6. The smallest absolute Gasteiger partial charge is 0.322 e. The van der Waals surface area contributed by atoms with Crippen LogP contribution in [-0.4, -0.2) is 27.2 Å². The van der Waals surface area contributed by atoms with Crippen LogP contribution in [0.5, 0.6) is 0 Å². The molecule has 2 rings (SSSR count). The molecule has 27 heavy (non-hydrogen) atoms. The number of carbonyl (C=O) groups is 1. The van der Waals surface area contributed by atoms with Crippen LogP contribution in [-0.2, 0) is 22.8 Å². The summed E-state index contributed by atoms with van der Waals surface area (Å²) in [7, 11) is -10.4. The van der Waals surface area contributed by atoms with Crippen LogP contribution in [0.3, 0.4) is 0 Å². The lowest BCUT2D eigenvalue weighted by Gasteiger charge is -2.12. The summed E-state index contributed by atoms with van der Waals surface area (Å²) >= 11 is 0. The Kier molecular flexibility index (Phi) is 7.11. The van der Waals surface area contributed by atoms with Gasteiger partial charge < -0.3 is 20.0 Å². The third-order valence-corrected chi connectivity index (χ3v) is 4.91. The summed E-state index contributed by atoms with van der Waals surface area (Å²) in [4.78, 5) is 38.0. The fourth-order valence-electron chi connectivity index (χ4n) is 1.76. The number of hydrogen-bond acceptors (Lipinski definition) is 7. The average Bonchev–Trinajstić information content (AvgIpc) is 2.58. The van der Waals surface area contributed by atoms with Gasteiger partial charge in [-0.3, -0.25) is 9.32 Å². The summed E-state index contributed by atoms with van der Waals surface area (Å²) in [5.41, 5.74) is 1.15. The van der Waals surface area contributed by atoms with Crippen molar-refractivity contribution in [3.8, 4) is 0 Å². The number of phosphoric acid groups is 2. The Morgan fingerprint density at radius 1 is 0.963 bits per heavy atom. The maximum Gasteiger partial charge on any atom is 0.481 e. The molecular formula is C14H15N3O8P2. The van der Waals surface area contributed by atoms with Gasteiger partial charge in [0.1, 0.15) is 12.3 Å². The third-order valence-electron chi connectivity index (χ3n) is 2.78. The molecule has 1 unspecified atom stereocenters. The molecule has 0 aliphatic carbocycles. The molecule has 13 heteroatoms. The first kappa shape index (κ1) is 21.1. The van der Waals surface area contributed by atoms with E-state index in [-0.39, 0.29) is 5.69 Å². The van der Waals surface area contributed by atoms with Crippen molar-refractivity contribution in [1.82, 2.24) is 0 Å². The minimum absolute atomic E-state index is 0.245. The highest BCUT2D eigenvalue weighted by atomic mass is 31.3. The summed E-state index contributed by atoms with van der Waals surface area (Å²) < 4.78 is 29.7. The van der Waals surface area contributed by atoms with Gasteiger partial charge >= 0.3 is 15.6 Å². The Labute approximate surface area is 153 Å². The lowest BCUT2D eigenvalue weighted by Crippen LogP contribution is -2.17. The number of hydrogen-bond donors (Lipinski definition) is 4. The van der Waals surface area contributed by atoms with Gasteiger partial charge in [-0.1, -0.05) is 30.3 Å². The number of nitrogens with one attached hydrogen (secondary N) is 1. The van der Waals surface area contributed by atoms with E-state index in [4.69, 9.17) is 14.7 Å². The average molecular weight is 415 g/mol. The van der Waals surface area contributed by atoms with Crippen LogP contribution < -0.4 is 5.32 Å². The monoisotopic (exact) mass is 415 g/mol. The van der Waals surface area contributed by atoms with E-state index in [1.54, 1.807) is 42.5 Å². The number of nitrogens with zero attached hydrogens (tertiary/aromatic N) is 2. The Morgan fingerprint density at radius 3 is 2.26 bits per heavy atom. The molecule has 0 saturated heterocycles. The number of para-hydroxylation sites is 1. The van der Waals surface area contributed by atoms with Gasteiger partial charge in [-0.2, -0.15) is 9.42 Å². The standard InChI is InChI=1S/C14H15N3O8P2/c18-14(10-24-27(22,23)25-26(19,20)21)15-12-8-4-5-9-13(12)17-16-11-6-2-1-3-7-11/h1-9H,10H2,(H,15,18)(H,22,23)(H2,19,20,21). The SMILES string of the molecule is O=C(COP(=O)(O)OP(=O)(O)O)Nc1ccccc1N=Nc1ccccc1. The quantitative estimate of drug-likeness (QED) is 0.376. The number of anilines is 1. The van der Waals surface area contributed by atoms with Crippen LogP contribution in [0.25, 0.3) is 0 Å². The normalized spacial score (nSPS) is 14.0. The molecule has 1 atom stereocenters. The Balaban J connectivity index is 2.01. The number of amides is 1. The lowest BCUT2D eigenvalue weighted by atomic mass is 10.2. The number of phosphoric ester groups is 1. The van der Waals surface area contributed by atoms with Gasteiger partial charge in [0.2, 0.25) is 0 Å². The fraction of sp³-hybridized carbons (Fsp3) is 0.0714. The summed E-state index contributed by atoms with van der Waals surface area (Å²) in [5, 5.41) is 10.4. The van der Waals surface area contributed by atoms with Gasteiger partial charge in [-0.25, -0.2) is 9.13 Å². The number of carbonyl (C=O) groups excluding carboxylic acids is 1. The highest BCUT2D eigenvalue weighted by molar-refractivity contribution is 7.60. The molecule has 0 spiro atoms. The maximum atomic E-state index is 11.9. The predicted molar refractivity (Wildman–Crippen MR) is 94.6 cm³/mol. The highest BCUT2D eigenvalue weighted by Crippen LogP contribution is 2.57. The van der Waals surface area contributed by atoms with Crippen molar-refractivity contribution in [3.05, 3.63) is 54.6 Å². The molecule has 0 aliphatic heterocycles. The molecule has 4 N–H and O–H groups in total. The Bertz CT molecular complexity index is 916. The van der Waals surface area contributed by atoms with E-state index in [9.17, 15) is 13.9 Å². The molecule has 0 radical (unpaired) electrons. The molecule has 0 bridgehead atoms. The van der Waals surface area contributed by atoms with E-state index in [1.165, 1.54) is 6.07 Å². The van der Waals surface area contributed by atoms with Gasteiger partial charge in [0.15, 0.2) is 0 Å². The van der Waals surface area contributed by atoms with Crippen molar-refractivity contribution in [3.63, 3.8) is 0 Å². The predicted octanol–water partition coefficient (Wildman–Crippen LogP) is 3.27. The first-order valence-electron chi connectivity index (χ1n) is 7.24. The topological polar surface area (TPSA) is 167 Å². The van der Waals surface area contributed by atoms with Crippen molar-refractivity contribution in [2.45, 2.75) is 0 Å². The Morgan fingerprint density at radius 2 is 1.59 bits per heavy atom. The summed E-state index contributed by atoms with van der Waals surface area (Å²) in [6.07, 6.45) is 0. The van der Waals surface area contributed by atoms with E-state index in [2.05, 4.69) is 24.4 Å². The lowest BCUT2D eigenvalue weighted by molar-refractivity contribution is -0.118. The molecule has 1 amide bonds. The van der Waals surface area contributed by atoms with E-state index in [0.29, 0.717) is 11.4 Å². The van der Waals surface area contributed by atoms with Gasteiger partial charge in [-0.15, -0.1) is 5.11 Å². The highest BCUT2D eigenvalue weighted by Gasteiger charge is 2.32. The van der Waals surface area contributed by atoms with Crippen LogP contribution in [0.2, 0.25) is 0 Å². The second kappa shape index (κ2) is 9.12. The summed E-state index contributed by atoms with van der Waals surface area (Å²) in [6, 6.07) is 15.2. The zero-order valence-electron chi connectivity index (χ0n) is 13.6. The minimum Gasteiger partial charge on any atom is -0.322 e. The van der Waals surface area contributed by atoms with Crippen LogP contribution in [0.15, 0.2) is 64.8 Å². The van der Waals surface area contributed by atoms with Crippen LogP contribution in [0.1, 0.15) is 0 Å². The largest absolute Gasteiger partial charge is 0.481 e. The Hall–Kier alpha value is -2.23. The number of azo groups is 1. The molecule has 144 valence electrons. The molecule has 0 heterocycles. The molecule has 0 fully saturated rings. The summed E-state index contributed by atoms with van der Waals surface area (Å²) in [6.45, 7) is -0.988. The van der Waals surface area contributed by atoms with Gasteiger partial charge in [-0.05, 0) is 24.3 Å². The third kappa shape index (κ3) is 7.90. The van der Waals surface area contributed by atoms with Gasteiger partial charge in [0.05, 0.1) is 11.4 Å². The van der Waals surface area contributed by atoms with Crippen molar-refractivity contribution in [1.29, 1.82) is 0 Å². The zero-order valence-corrected chi connectivity index (χ0v) is 15.4. The second-order valence-electron chi connectivity index (χ2n) is 4.92. The van der Waals surface area contributed by atoms with E-state index >= 15 is 0 Å². The number of rotatable bonds is 8. The van der Waals surface area contributed by atoms with Crippen molar-refractivity contribution < 1.29 is 37.4 Å². The zero-order chi connectivity index (χ0) is 19.9. The number of benzene rings is 2. The van der Waals surface area contributed by atoms with E-state index < -0.39 is 28.2 Å². The van der Waals surface area contributed by atoms with Gasteiger partial charge in [0.25, 0.3) is 5.91 Å². The molecule has 0 saturated carbocycles. The van der Waals surface area contributed by atoms with Crippen LogP contribution >= 0.6 is 15.6 Å². The fourth-order valence-corrected chi connectivity index (χ4v) is 3.30.